The quantitative estimate of drug-likeness (QED) is 0.347. The molecule has 1 N–H and O–H groups in total. The highest BCUT2D eigenvalue weighted by Crippen LogP contribution is 2.15. The first-order valence-electron chi connectivity index (χ1n) is 8.89. The fourth-order valence-electron chi connectivity index (χ4n) is 2.59. The van der Waals surface area contributed by atoms with Crippen molar-refractivity contribution in [3.05, 3.63) is 84.2 Å². The number of ketones is 1. The van der Waals surface area contributed by atoms with Crippen LogP contribution in [-0.2, 0) is 4.79 Å². The highest BCUT2D eigenvalue weighted by molar-refractivity contribution is 6.06. The van der Waals surface area contributed by atoms with Gasteiger partial charge in [-0.3, -0.25) is 9.59 Å². The Hall–Kier alpha value is -3.67. The summed E-state index contributed by atoms with van der Waals surface area (Å²) in [5.74, 6) is -0.341. The second-order valence-electron chi connectivity index (χ2n) is 6.11. The normalized spacial score (nSPS) is 10.9. The summed E-state index contributed by atoms with van der Waals surface area (Å²) in [6.45, 7) is 0.325. The topological polar surface area (TPSA) is 81.4 Å². The van der Waals surface area contributed by atoms with E-state index in [4.69, 9.17) is 9.84 Å². The van der Waals surface area contributed by atoms with Crippen LogP contribution in [0.5, 0.6) is 5.75 Å². The number of allylic oxidation sites excluding steroid dienone is 1. The van der Waals surface area contributed by atoms with Gasteiger partial charge in [-0.2, -0.15) is 5.10 Å². The van der Waals surface area contributed by atoms with E-state index in [0.717, 1.165) is 11.3 Å². The molecule has 0 aliphatic carbocycles. The minimum absolute atomic E-state index is 0.0724. The maximum Gasteiger partial charge on any atom is 0.303 e. The van der Waals surface area contributed by atoms with Crippen molar-refractivity contribution in [3.8, 4) is 11.4 Å². The first kappa shape index (κ1) is 19.1. The molecular formula is C22H20N2O4. The van der Waals surface area contributed by atoms with Gasteiger partial charge >= 0.3 is 5.97 Å². The van der Waals surface area contributed by atoms with E-state index < -0.39 is 5.97 Å². The van der Waals surface area contributed by atoms with E-state index in [-0.39, 0.29) is 12.2 Å². The van der Waals surface area contributed by atoms with Gasteiger partial charge < -0.3 is 9.84 Å². The van der Waals surface area contributed by atoms with Crippen molar-refractivity contribution >= 4 is 17.8 Å². The molecule has 0 atom stereocenters. The van der Waals surface area contributed by atoms with Crippen molar-refractivity contribution in [2.24, 2.45) is 0 Å². The zero-order valence-corrected chi connectivity index (χ0v) is 15.2. The molecule has 3 aromatic rings. The smallest absolute Gasteiger partial charge is 0.303 e. The Labute approximate surface area is 162 Å². The Morgan fingerprint density at radius 2 is 1.93 bits per heavy atom. The largest absolute Gasteiger partial charge is 0.494 e. The zero-order chi connectivity index (χ0) is 19.8. The molecule has 1 heterocycles. The fraction of sp³-hybridized carbons (Fsp3) is 0.136. The number of ether oxygens (including phenoxy) is 1. The number of carbonyl (C=O) groups excluding carboxylic acids is 1. The van der Waals surface area contributed by atoms with Gasteiger partial charge in [0.2, 0.25) is 0 Å². The van der Waals surface area contributed by atoms with Gasteiger partial charge in [0.05, 0.1) is 12.3 Å². The van der Waals surface area contributed by atoms with Crippen LogP contribution in [0.15, 0.2) is 73.1 Å². The molecule has 0 radical (unpaired) electrons. The molecule has 1 aromatic heterocycles. The molecule has 6 heteroatoms. The Morgan fingerprint density at radius 1 is 1.11 bits per heavy atom. The van der Waals surface area contributed by atoms with Gasteiger partial charge in [0.1, 0.15) is 5.75 Å². The van der Waals surface area contributed by atoms with E-state index in [2.05, 4.69) is 5.10 Å². The van der Waals surface area contributed by atoms with Gasteiger partial charge in [-0.15, -0.1) is 0 Å². The summed E-state index contributed by atoms with van der Waals surface area (Å²) < 4.78 is 7.23. The van der Waals surface area contributed by atoms with Crippen molar-refractivity contribution in [1.29, 1.82) is 0 Å². The number of benzene rings is 2. The van der Waals surface area contributed by atoms with Crippen LogP contribution in [0.2, 0.25) is 0 Å². The van der Waals surface area contributed by atoms with E-state index >= 15 is 0 Å². The third-order valence-corrected chi connectivity index (χ3v) is 4.01. The molecule has 142 valence electrons. The Morgan fingerprint density at radius 3 is 2.64 bits per heavy atom. The lowest BCUT2D eigenvalue weighted by molar-refractivity contribution is -0.137. The zero-order valence-electron chi connectivity index (χ0n) is 15.2. The standard InChI is InChI=1S/C22H20N2O4/c25-21(18-8-10-20(11-9-18)28-15-2-6-22(26)27)12-7-17-4-1-5-19(16-17)24-14-3-13-23-24/h1,3-5,7-14,16H,2,6,15H2,(H,26,27)/b12-7+. The Bertz CT molecular complexity index is 960. The van der Waals surface area contributed by atoms with Gasteiger partial charge in [-0.25, -0.2) is 4.68 Å². The molecule has 0 aliphatic heterocycles. The minimum Gasteiger partial charge on any atom is -0.494 e. The highest BCUT2D eigenvalue weighted by atomic mass is 16.5. The van der Waals surface area contributed by atoms with Crippen molar-refractivity contribution in [2.75, 3.05) is 6.61 Å². The summed E-state index contributed by atoms with van der Waals surface area (Å²) in [5.41, 5.74) is 2.38. The maximum atomic E-state index is 12.4. The van der Waals surface area contributed by atoms with E-state index in [0.29, 0.717) is 24.3 Å². The lowest BCUT2D eigenvalue weighted by Crippen LogP contribution is -2.02. The van der Waals surface area contributed by atoms with Crippen molar-refractivity contribution in [2.45, 2.75) is 12.8 Å². The van der Waals surface area contributed by atoms with E-state index in [1.54, 1.807) is 41.2 Å². The van der Waals surface area contributed by atoms with Gasteiger partial charge in [-0.1, -0.05) is 18.2 Å². The number of carbonyl (C=O) groups is 2. The monoisotopic (exact) mass is 376 g/mol. The molecule has 28 heavy (non-hydrogen) atoms. The lowest BCUT2D eigenvalue weighted by atomic mass is 10.1. The first-order chi connectivity index (χ1) is 13.6. The van der Waals surface area contributed by atoms with Gasteiger partial charge in [0, 0.05) is 24.4 Å². The van der Waals surface area contributed by atoms with Crippen LogP contribution in [0.25, 0.3) is 11.8 Å². The third kappa shape index (κ3) is 5.41. The second-order valence-corrected chi connectivity index (χ2v) is 6.11. The van der Waals surface area contributed by atoms with Gasteiger partial charge in [0.25, 0.3) is 0 Å². The number of hydrogen-bond donors (Lipinski definition) is 1. The molecule has 0 saturated heterocycles. The van der Waals surface area contributed by atoms with Crippen molar-refractivity contribution in [1.82, 2.24) is 9.78 Å². The molecule has 0 bridgehead atoms. The van der Waals surface area contributed by atoms with Crippen LogP contribution in [0, 0.1) is 0 Å². The van der Waals surface area contributed by atoms with Gasteiger partial charge in [-0.05, 0) is 60.5 Å². The number of aliphatic carboxylic acids is 1. The molecule has 2 aromatic carbocycles. The average Bonchev–Trinajstić information content (AvgIpc) is 3.25. The summed E-state index contributed by atoms with van der Waals surface area (Å²) in [5, 5.41) is 12.8. The van der Waals surface area contributed by atoms with Crippen LogP contribution in [0.4, 0.5) is 0 Å². The Kier molecular flexibility index (Phi) is 6.36. The van der Waals surface area contributed by atoms with Crippen LogP contribution >= 0.6 is 0 Å². The Balaban J connectivity index is 1.58. The summed E-state index contributed by atoms with van der Waals surface area (Å²) in [6.07, 6.45) is 7.39. The second kappa shape index (κ2) is 9.32. The number of aromatic nitrogens is 2. The van der Waals surface area contributed by atoms with E-state index in [9.17, 15) is 9.59 Å². The summed E-state index contributed by atoms with van der Waals surface area (Å²) in [4.78, 5) is 22.8. The summed E-state index contributed by atoms with van der Waals surface area (Å²) in [7, 11) is 0. The summed E-state index contributed by atoms with van der Waals surface area (Å²) in [6, 6.07) is 16.4. The van der Waals surface area contributed by atoms with Crippen LogP contribution < -0.4 is 4.74 Å². The lowest BCUT2D eigenvalue weighted by Gasteiger charge is -2.05. The molecule has 0 amide bonds. The third-order valence-electron chi connectivity index (χ3n) is 4.01. The average molecular weight is 376 g/mol. The molecule has 0 unspecified atom stereocenters. The predicted octanol–water partition coefficient (Wildman–Crippen LogP) is 4.01. The molecule has 3 rings (SSSR count). The number of hydrogen-bond acceptors (Lipinski definition) is 4. The molecule has 0 spiro atoms. The number of nitrogens with zero attached hydrogens (tertiary/aromatic N) is 2. The predicted molar refractivity (Wildman–Crippen MR) is 106 cm³/mol. The SMILES string of the molecule is O=C(O)CCCOc1ccc(C(=O)/C=C/c2cccc(-n3cccn3)c2)cc1. The van der Waals surface area contributed by atoms with Crippen molar-refractivity contribution < 1.29 is 19.4 Å². The minimum atomic E-state index is -0.841. The number of carboxylic acids is 1. The molecule has 0 aliphatic rings. The maximum absolute atomic E-state index is 12.4. The van der Waals surface area contributed by atoms with Crippen LogP contribution in [0.3, 0.4) is 0 Å². The molecular weight excluding hydrogens is 356 g/mol. The fourth-order valence-corrected chi connectivity index (χ4v) is 2.59. The summed E-state index contributed by atoms with van der Waals surface area (Å²) >= 11 is 0. The van der Waals surface area contributed by atoms with Crippen LogP contribution in [-0.4, -0.2) is 33.2 Å². The molecule has 0 saturated carbocycles. The van der Waals surface area contributed by atoms with Crippen molar-refractivity contribution in [3.63, 3.8) is 0 Å². The molecule has 6 nitrogen and oxygen atoms in total. The van der Waals surface area contributed by atoms with Gasteiger partial charge in [0.15, 0.2) is 5.78 Å². The molecule has 0 fully saturated rings. The van der Waals surface area contributed by atoms with E-state index in [1.165, 1.54) is 6.08 Å². The van der Waals surface area contributed by atoms with E-state index in [1.807, 2.05) is 36.5 Å². The number of rotatable bonds is 9. The first-order valence-corrected chi connectivity index (χ1v) is 8.89. The van der Waals surface area contributed by atoms with Crippen LogP contribution in [0.1, 0.15) is 28.8 Å². The highest BCUT2D eigenvalue weighted by Gasteiger charge is 2.04. The number of carboxylic acid groups (broad SMARTS) is 1.